The van der Waals surface area contributed by atoms with E-state index in [2.05, 4.69) is 26.4 Å². The number of nitrogens with zero attached hydrogens (tertiary/aromatic N) is 6. The van der Waals surface area contributed by atoms with Crippen molar-refractivity contribution >= 4 is 0 Å². The van der Waals surface area contributed by atoms with Crippen LogP contribution in [0.5, 0.6) is 0 Å². The van der Waals surface area contributed by atoms with Gasteiger partial charge in [-0.15, -0.1) is 5.10 Å². The quantitative estimate of drug-likeness (QED) is 0.862. The SMILES string of the molecule is Cn1cc(CN2CCC(c3ccnn3CCO)CC2)nn1. The highest BCUT2D eigenvalue weighted by Gasteiger charge is 2.23. The zero-order valence-corrected chi connectivity index (χ0v) is 12.4. The van der Waals surface area contributed by atoms with E-state index in [1.807, 2.05) is 24.1 Å². The predicted octanol–water partition coefficient (Wildman–Crippen LogP) is 0.383. The van der Waals surface area contributed by atoms with Crippen LogP contribution in [-0.2, 0) is 20.1 Å². The van der Waals surface area contributed by atoms with Crippen LogP contribution in [-0.4, -0.2) is 54.5 Å². The third kappa shape index (κ3) is 3.30. The highest BCUT2D eigenvalue weighted by Crippen LogP contribution is 2.28. The molecule has 3 heterocycles. The molecule has 0 bridgehead atoms. The molecule has 1 fully saturated rings. The summed E-state index contributed by atoms with van der Waals surface area (Å²) in [6.45, 7) is 3.72. The molecule has 7 heteroatoms. The van der Waals surface area contributed by atoms with Crippen LogP contribution in [0, 0.1) is 0 Å². The van der Waals surface area contributed by atoms with Gasteiger partial charge in [0.05, 0.1) is 18.8 Å². The monoisotopic (exact) mass is 290 g/mol. The lowest BCUT2D eigenvalue weighted by molar-refractivity contribution is 0.197. The normalized spacial score (nSPS) is 17.4. The number of rotatable bonds is 5. The summed E-state index contributed by atoms with van der Waals surface area (Å²) in [7, 11) is 1.89. The van der Waals surface area contributed by atoms with Crippen LogP contribution >= 0.6 is 0 Å². The molecule has 2 aromatic heterocycles. The molecule has 0 spiro atoms. The zero-order chi connectivity index (χ0) is 14.7. The van der Waals surface area contributed by atoms with E-state index in [0.717, 1.165) is 38.2 Å². The van der Waals surface area contributed by atoms with Crippen molar-refractivity contribution in [1.29, 1.82) is 0 Å². The molecule has 0 amide bonds. The fraction of sp³-hybridized carbons (Fsp3) is 0.643. The topological polar surface area (TPSA) is 72.0 Å². The van der Waals surface area contributed by atoms with Gasteiger partial charge in [-0.1, -0.05) is 5.21 Å². The summed E-state index contributed by atoms with van der Waals surface area (Å²) >= 11 is 0. The number of aryl methyl sites for hydroxylation is 1. The maximum atomic E-state index is 9.09. The van der Waals surface area contributed by atoms with Crippen molar-refractivity contribution in [1.82, 2.24) is 29.7 Å². The largest absolute Gasteiger partial charge is 0.394 e. The Kier molecular flexibility index (Phi) is 4.31. The maximum absolute atomic E-state index is 9.09. The molecule has 114 valence electrons. The minimum atomic E-state index is 0.139. The Balaban J connectivity index is 1.56. The molecule has 1 aliphatic rings. The first-order chi connectivity index (χ1) is 10.3. The Hall–Kier alpha value is -1.73. The molecule has 0 atom stereocenters. The third-order valence-electron chi connectivity index (χ3n) is 4.10. The van der Waals surface area contributed by atoms with Crippen molar-refractivity contribution in [3.8, 4) is 0 Å². The van der Waals surface area contributed by atoms with Crippen LogP contribution in [0.3, 0.4) is 0 Å². The molecule has 0 unspecified atom stereocenters. The van der Waals surface area contributed by atoms with Gasteiger partial charge in [0.25, 0.3) is 0 Å². The molecule has 7 nitrogen and oxygen atoms in total. The smallest absolute Gasteiger partial charge is 0.0966 e. The van der Waals surface area contributed by atoms with Crippen LogP contribution in [0.15, 0.2) is 18.5 Å². The van der Waals surface area contributed by atoms with Gasteiger partial charge in [0.15, 0.2) is 0 Å². The Labute approximate surface area is 124 Å². The van der Waals surface area contributed by atoms with Crippen molar-refractivity contribution in [2.75, 3.05) is 19.7 Å². The number of aromatic nitrogens is 5. The van der Waals surface area contributed by atoms with E-state index in [1.54, 1.807) is 4.68 Å². The number of aliphatic hydroxyl groups excluding tert-OH is 1. The summed E-state index contributed by atoms with van der Waals surface area (Å²) in [5, 5.41) is 21.5. The lowest BCUT2D eigenvalue weighted by Crippen LogP contribution is -2.33. The van der Waals surface area contributed by atoms with E-state index in [4.69, 9.17) is 5.11 Å². The summed E-state index contributed by atoms with van der Waals surface area (Å²) in [5.74, 6) is 0.539. The van der Waals surface area contributed by atoms with Crippen LogP contribution in [0.1, 0.15) is 30.1 Å². The second kappa shape index (κ2) is 6.36. The number of aliphatic hydroxyl groups is 1. The lowest BCUT2D eigenvalue weighted by atomic mass is 9.93. The van der Waals surface area contributed by atoms with E-state index in [9.17, 15) is 0 Å². The molecule has 1 aliphatic heterocycles. The van der Waals surface area contributed by atoms with Crippen LogP contribution in [0.25, 0.3) is 0 Å². The van der Waals surface area contributed by atoms with E-state index in [0.29, 0.717) is 12.5 Å². The second-order valence-corrected chi connectivity index (χ2v) is 5.64. The van der Waals surface area contributed by atoms with Gasteiger partial charge < -0.3 is 5.11 Å². The molecular weight excluding hydrogens is 268 g/mol. The first-order valence-corrected chi connectivity index (χ1v) is 7.46. The highest BCUT2D eigenvalue weighted by atomic mass is 16.3. The van der Waals surface area contributed by atoms with Crippen LogP contribution < -0.4 is 0 Å². The van der Waals surface area contributed by atoms with E-state index >= 15 is 0 Å². The van der Waals surface area contributed by atoms with Crippen molar-refractivity contribution in [3.63, 3.8) is 0 Å². The number of hydrogen-bond donors (Lipinski definition) is 1. The van der Waals surface area contributed by atoms with Crippen LogP contribution in [0.4, 0.5) is 0 Å². The molecule has 1 saturated heterocycles. The summed E-state index contributed by atoms with van der Waals surface area (Å²) in [5.41, 5.74) is 2.28. The third-order valence-corrected chi connectivity index (χ3v) is 4.10. The molecule has 2 aromatic rings. The lowest BCUT2D eigenvalue weighted by Gasteiger charge is -2.31. The maximum Gasteiger partial charge on any atom is 0.0966 e. The van der Waals surface area contributed by atoms with Gasteiger partial charge in [-0.2, -0.15) is 5.10 Å². The van der Waals surface area contributed by atoms with Gasteiger partial charge in [0, 0.05) is 37.6 Å². The average Bonchev–Trinajstić information content (AvgIpc) is 3.10. The second-order valence-electron chi connectivity index (χ2n) is 5.64. The zero-order valence-electron chi connectivity index (χ0n) is 12.4. The van der Waals surface area contributed by atoms with E-state index < -0.39 is 0 Å². The summed E-state index contributed by atoms with van der Waals surface area (Å²) in [4.78, 5) is 2.42. The molecule has 0 saturated carbocycles. The molecule has 1 N–H and O–H groups in total. The Morgan fingerprint density at radius 2 is 2.14 bits per heavy atom. The van der Waals surface area contributed by atoms with Crippen molar-refractivity contribution in [2.45, 2.75) is 31.8 Å². The number of piperidine rings is 1. The van der Waals surface area contributed by atoms with Gasteiger partial charge in [-0.3, -0.25) is 14.3 Å². The first kappa shape index (κ1) is 14.2. The predicted molar refractivity (Wildman–Crippen MR) is 77.6 cm³/mol. The van der Waals surface area contributed by atoms with Gasteiger partial charge in [-0.05, 0) is 32.0 Å². The highest BCUT2D eigenvalue weighted by molar-refractivity contribution is 5.09. The van der Waals surface area contributed by atoms with Gasteiger partial charge in [-0.25, -0.2) is 0 Å². The fourth-order valence-electron chi connectivity index (χ4n) is 3.05. The molecular formula is C14H22N6O. The van der Waals surface area contributed by atoms with Crippen molar-refractivity contribution in [3.05, 3.63) is 29.8 Å². The van der Waals surface area contributed by atoms with Crippen LogP contribution in [0.2, 0.25) is 0 Å². The fourth-order valence-corrected chi connectivity index (χ4v) is 3.05. The Morgan fingerprint density at radius 1 is 1.33 bits per heavy atom. The van der Waals surface area contributed by atoms with Crippen molar-refractivity contribution in [2.24, 2.45) is 7.05 Å². The molecule has 0 aromatic carbocycles. The van der Waals surface area contributed by atoms with Gasteiger partial charge in [0.1, 0.15) is 0 Å². The summed E-state index contributed by atoms with van der Waals surface area (Å²) in [6, 6.07) is 2.08. The molecule has 0 radical (unpaired) electrons. The minimum absolute atomic E-state index is 0.139. The molecule has 0 aliphatic carbocycles. The Bertz CT molecular complexity index is 570. The first-order valence-electron chi connectivity index (χ1n) is 7.46. The van der Waals surface area contributed by atoms with Crippen molar-refractivity contribution < 1.29 is 5.11 Å². The average molecular weight is 290 g/mol. The number of hydrogen-bond acceptors (Lipinski definition) is 5. The molecule has 21 heavy (non-hydrogen) atoms. The van der Waals surface area contributed by atoms with Gasteiger partial charge >= 0.3 is 0 Å². The Morgan fingerprint density at radius 3 is 2.81 bits per heavy atom. The molecule has 3 rings (SSSR count). The standard InChI is InChI=1S/C14H22N6O/c1-18-10-13(16-17-18)11-19-6-3-12(4-7-19)14-2-5-15-20(14)8-9-21/h2,5,10,12,21H,3-4,6-9,11H2,1H3. The van der Waals surface area contributed by atoms with E-state index in [-0.39, 0.29) is 6.61 Å². The van der Waals surface area contributed by atoms with E-state index in [1.165, 1.54) is 5.69 Å². The van der Waals surface area contributed by atoms with Gasteiger partial charge in [0.2, 0.25) is 0 Å². The number of likely N-dealkylation sites (tertiary alicyclic amines) is 1. The summed E-state index contributed by atoms with van der Waals surface area (Å²) in [6.07, 6.45) is 6.05. The minimum Gasteiger partial charge on any atom is -0.394 e. The summed E-state index contributed by atoms with van der Waals surface area (Å²) < 4.78 is 3.68.